The average molecular weight is 345 g/mol. The number of aryl methyl sites for hydroxylation is 2. The Morgan fingerprint density at radius 3 is 2.62 bits per heavy atom. The Morgan fingerprint density at radius 1 is 1.24 bits per heavy atom. The molecule has 2 aromatic heterocycles. The second-order valence-corrected chi connectivity index (χ2v) is 5.56. The highest BCUT2D eigenvalue weighted by Crippen LogP contribution is 2.24. The summed E-state index contributed by atoms with van der Waals surface area (Å²) >= 11 is 3.40. The summed E-state index contributed by atoms with van der Waals surface area (Å²) < 4.78 is 2.16. The second kappa shape index (κ2) is 5.29. The van der Waals surface area contributed by atoms with Crippen LogP contribution < -0.4 is 5.32 Å². The van der Waals surface area contributed by atoms with Gasteiger partial charge in [0.15, 0.2) is 11.3 Å². The number of aromatic nitrogens is 3. The molecule has 0 radical (unpaired) electrons. The zero-order valence-corrected chi connectivity index (χ0v) is 13.2. The van der Waals surface area contributed by atoms with Crippen molar-refractivity contribution in [1.82, 2.24) is 14.6 Å². The molecule has 1 amide bonds. The first-order valence-corrected chi connectivity index (χ1v) is 7.23. The molecule has 0 aliphatic carbocycles. The summed E-state index contributed by atoms with van der Waals surface area (Å²) in [5.41, 5.74) is 3.78. The molecule has 0 bridgehead atoms. The van der Waals surface area contributed by atoms with Gasteiger partial charge in [-0.1, -0.05) is 18.2 Å². The number of para-hydroxylation sites is 1. The standard InChI is InChI=1S/C15H13BrN4O/c1-9-5-3-6-10(2)12(9)18-15(21)13-11(16)14-17-7-4-8-20(14)19-13/h3-8H,1-2H3,(H,18,21). The van der Waals surface area contributed by atoms with Gasteiger partial charge in [-0.3, -0.25) is 4.79 Å². The largest absolute Gasteiger partial charge is 0.320 e. The van der Waals surface area contributed by atoms with Crippen LogP contribution in [0.3, 0.4) is 0 Å². The van der Waals surface area contributed by atoms with Crippen molar-refractivity contribution in [2.75, 3.05) is 5.32 Å². The van der Waals surface area contributed by atoms with E-state index in [1.165, 1.54) is 0 Å². The Balaban J connectivity index is 2.00. The topological polar surface area (TPSA) is 59.3 Å². The molecular formula is C15H13BrN4O. The number of hydrogen-bond acceptors (Lipinski definition) is 3. The van der Waals surface area contributed by atoms with E-state index in [4.69, 9.17) is 0 Å². The number of halogens is 1. The summed E-state index contributed by atoms with van der Waals surface area (Å²) in [4.78, 5) is 16.7. The van der Waals surface area contributed by atoms with Crippen molar-refractivity contribution in [3.8, 4) is 0 Å². The van der Waals surface area contributed by atoms with E-state index in [2.05, 4.69) is 31.3 Å². The molecule has 6 heteroatoms. The van der Waals surface area contributed by atoms with E-state index in [1.807, 2.05) is 32.0 Å². The van der Waals surface area contributed by atoms with Crippen molar-refractivity contribution >= 4 is 33.2 Å². The third kappa shape index (κ3) is 2.42. The monoisotopic (exact) mass is 344 g/mol. The quantitative estimate of drug-likeness (QED) is 0.775. The fourth-order valence-corrected chi connectivity index (χ4v) is 2.73. The first-order chi connectivity index (χ1) is 10.1. The lowest BCUT2D eigenvalue weighted by Gasteiger charge is -2.10. The molecule has 0 unspecified atom stereocenters. The number of carbonyl (C=O) groups excluding carboxylic acids is 1. The van der Waals surface area contributed by atoms with Gasteiger partial charge in [-0.25, -0.2) is 9.50 Å². The molecule has 0 saturated carbocycles. The van der Waals surface area contributed by atoms with Gasteiger partial charge in [-0.15, -0.1) is 0 Å². The van der Waals surface area contributed by atoms with Crippen molar-refractivity contribution in [2.24, 2.45) is 0 Å². The number of hydrogen-bond donors (Lipinski definition) is 1. The van der Waals surface area contributed by atoms with Gasteiger partial charge in [0.2, 0.25) is 0 Å². The minimum absolute atomic E-state index is 0.259. The minimum Gasteiger partial charge on any atom is -0.320 e. The lowest BCUT2D eigenvalue weighted by Crippen LogP contribution is -2.15. The maximum absolute atomic E-state index is 12.5. The SMILES string of the molecule is Cc1cccc(C)c1NC(=O)c1nn2cccnc2c1Br. The van der Waals surface area contributed by atoms with E-state index in [9.17, 15) is 4.79 Å². The normalized spacial score (nSPS) is 10.8. The number of amides is 1. The van der Waals surface area contributed by atoms with E-state index in [0.29, 0.717) is 15.8 Å². The molecule has 0 atom stereocenters. The molecule has 21 heavy (non-hydrogen) atoms. The molecule has 106 valence electrons. The van der Waals surface area contributed by atoms with Crippen LogP contribution in [0.25, 0.3) is 5.65 Å². The third-order valence-electron chi connectivity index (χ3n) is 3.27. The molecule has 0 aliphatic heterocycles. The maximum Gasteiger partial charge on any atom is 0.277 e. The van der Waals surface area contributed by atoms with Gasteiger partial charge in [0, 0.05) is 18.1 Å². The summed E-state index contributed by atoms with van der Waals surface area (Å²) in [6, 6.07) is 7.65. The molecule has 2 heterocycles. The highest BCUT2D eigenvalue weighted by molar-refractivity contribution is 9.10. The summed E-state index contributed by atoms with van der Waals surface area (Å²) in [6.45, 7) is 3.92. The van der Waals surface area contributed by atoms with Gasteiger partial charge in [0.05, 0.1) is 4.47 Å². The first-order valence-electron chi connectivity index (χ1n) is 6.44. The Hall–Kier alpha value is -2.21. The number of carbonyl (C=O) groups is 1. The van der Waals surface area contributed by atoms with E-state index in [0.717, 1.165) is 16.8 Å². The van der Waals surface area contributed by atoms with Crippen LogP contribution in [-0.4, -0.2) is 20.5 Å². The van der Waals surface area contributed by atoms with Gasteiger partial charge in [0.25, 0.3) is 5.91 Å². The van der Waals surface area contributed by atoms with Crippen LogP contribution in [0.4, 0.5) is 5.69 Å². The van der Waals surface area contributed by atoms with Crippen LogP contribution in [0.15, 0.2) is 41.1 Å². The molecule has 0 spiro atoms. The average Bonchev–Trinajstić information content (AvgIpc) is 2.81. The van der Waals surface area contributed by atoms with E-state index >= 15 is 0 Å². The van der Waals surface area contributed by atoms with Crippen LogP contribution in [0.5, 0.6) is 0 Å². The Labute approximate surface area is 130 Å². The van der Waals surface area contributed by atoms with Crippen LogP contribution >= 0.6 is 15.9 Å². The van der Waals surface area contributed by atoms with E-state index in [1.54, 1.807) is 23.0 Å². The molecular weight excluding hydrogens is 332 g/mol. The number of nitrogens with zero attached hydrogens (tertiary/aromatic N) is 3. The van der Waals surface area contributed by atoms with Crippen LogP contribution in [0.2, 0.25) is 0 Å². The second-order valence-electron chi connectivity index (χ2n) is 4.77. The number of fused-ring (bicyclic) bond motifs is 1. The van der Waals surface area contributed by atoms with Gasteiger partial charge >= 0.3 is 0 Å². The molecule has 3 aromatic rings. The summed E-state index contributed by atoms with van der Waals surface area (Å²) in [7, 11) is 0. The molecule has 0 saturated heterocycles. The Morgan fingerprint density at radius 2 is 1.95 bits per heavy atom. The third-order valence-corrected chi connectivity index (χ3v) is 4.00. The predicted molar refractivity (Wildman–Crippen MR) is 84.6 cm³/mol. The lowest BCUT2D eigenvalue weighted by atomic mass is 10.1. The molecule has 0 aliphatic rings. The number of rotatable bonds is 2. The van der Waals surface area contributed by atoms with Crippen molar-refractivity contribution in [2.45, 2.75) is 13.8 Å². The molecule has 1 N–H and O–H groups in total. The zero-order chi connectivity index (χ0) is 15.0. The Bertz CT molecular complexity index is 821. The molecule has 1 aromatic carbocycles. The molecule has 5 nitrogen and oxygen atoms in total. The molecule has 0 fully saturated rings. The van der Waals surface area contributed by atoms with Gasteiger partial charge in [-0.2, -0.15) is 5.10 Å². The van der Waals surface area contributed by atoms with Crippen LogP contribution in [0.1, 0.15) is 21.6 Å². The van der Waals surface area contributed by atoms with Gasteiger partial charge in [0.1, 0.15) is 0 Å². The predicted octanol–water partition coefficient (Wildman–Crippen LogP) is 3.36. The van der Waals surface area contributed by atoms with Gasteiger partial charge in [-0.05, 0) is 47.0 Å². The summed E-state index contributed by atoms with van der Waals surface area (Å²) in [6.07, 6.45) is 3.41. The number of anilines is 1. The highest BCUT2D eigenvalue weighted by Gasteiger charge is 2.19. The molecule has 3 rings (SSSR count). The highest BCUT2D eigenvalue weighted by atomic mass is 79.9. The van der Waals surface area contributed by atoms with Crippen molar-refractivity contribution < 1.29 is 4.79 Å². The summed E-state index contributed by atoms with van der Waals surface area (Å²) in [5, 5.41) is 7.19. The lowest BCUT2D eigenvalue weighted by molar-refractivity contribution is 0.102. The smallest absolute Gasteiger partial charge is 0.277 e. The summed E-state index contributed by atoms with van der Waals surface area (Å²) in [5.74, 6) is -0.259. The van der Waals surface area contributed by atoms with E-state index in [-0.39, 0.29) is 5.91 Å². The fraction of sp³-hybridized carbons (Fsp3) is 0.133. The van der Waals surface area contributed by atoms with Crippen molar-refractivity contribution in [1.29, 1.82) is 0 Å². The Kier molecular flexibility index (Phi) is 3.47. The number of benzene rings is 1. The number of nitrogens with one attached hydrogen (secondary N) is 1. The van der Waals surface area contributed by atoms with Crippen LogP contribution in [-0.2, 0) is 0 Å². The minimum atomic E-state index is -0.259. The van der Waals surface area contributed by atoms with E-state index < -0.39 is 0 Å². The fourth-order valence-electron chi connectivity index (χ4n) is 2.19. The van der Waals surface area contributed by atoms with Crippen molar-refractivity contribution in [3.63, 3.8) is 0 Å². The van der Waals surface area contributed by atoms with Crippen molar-refractivity contribution in [3.05, 3.63) is 58.0 Å². The first kappa shape index (κ1) is 13.8. The van der Waals surface area contributed by atoms with Crippen LogP contribution in [0, 0.1) is 13.8 Å². The maximum atomic E-state index is 12.5. The zero-order valence-electron chi connectivity index (χ0n) is 11.6. The van der Waals surface area contributed by atoms with Gasteiger partial charge < -0.3 is 5.32 Å².